The Morgan fingerprint density at radius 1 is 1.54 bits per heavy atom. The highest BCUT2D eigenvalue weighted by Crippen LogP contribution is 2.21. The summed E-state index contributed by atoms with van der Waals surface area (Å²) in [4.78, 5) is 10.5. The Hall–Kier alpha value is -0.780. The maximum absolute atomic E-state index is 11.8. The monoisotopic (exact) mass is 199 g/mol. The van der Waals surface area contributed by atoms with Gasteiger partial charge in [0.1, 0.15) is 6.04 Å². The maximum Gasteiger partial charge on any atom is 0.403 e. The Bertz CT molecular complexity index is 170. The highest BCUT2D eigenvalue weighted by Gasteiger charge is 2.35. The van der Waals surface area contributed by atoms with Crippen molar-refractivity contribution in [3.63, 3.8) is 0 Å². The lowest BCUT2D eigenvalue weighted by atomic mass is 10.1. The number of esters is 1. The van der Waals surface area contributed by atoms with Crippen LogP contribution >= 0.6 is 0 Å². The molecule has 0 rings (SSSR count). The van der Waals surface area contributed by atoms with Gasteiger partial charge in [0, 0.05) is 6.42 Å². The molecular weight excluding hydrogens is 187 g/mol. The molecule has 0 saturated carbocycles. The Morgan fingerprint density at radius 3 is 2.46 bits per heavy atom. The van der Waals surface area contributed by atoms with Crippen LogP contribution in [0.2, 0.25) is 0 Å². The smallest absolute Gasteiger partial charge is 0.403 e. The van der Waals surface area contributed by atoms with Crippen molar-refractivity contribution in [2.75, 3.05) is 7.11 Å². The molecule has 0 saturated heterocycles. The second-order valence-corrected chi connectivity index (χ2v) is 2.62. The highest BCUT2D eigenvalue weighted by molar-refractivity contribution is 5.68. The second kappa shape index (κ2) is 5.06. The van der Waals surface area contributed by atoms with Gasteiger partial charge in [0.05, 0.1) is 7.11 Å². The van der Waals surface area contributed by atoms with Crippen LogP contribution in [0.3, 0.4) is 0 Å². The number of carbonyl (C=O) groups excluding carboxylic acids is 1. The molecule has 0 aromatic rings. The van der Waals surface area contributed by atoms with Crippen molar-refractivity contribution >= 4 is 5.97 Å². The van der Waals surface area contributed by atoms with Crippen molar-refractivity contribution in [2.24, 2.45) is 5.73 Å². The van der Waals surface area contributed by atoms with Crippen molar-refractivity contribution in [1.29, 1.82) is 0 Å². The van der Waals surface area contributed by atoms with Crippen LogP contribution in [0.1, 0.15) is 19.3 Å². The van der Waals surface area contributed by atoms with E-state index < -0.39 is 18.2 Å². The molecule has 1 atom stereocenters. The van der Waals surface area contributed by atoms with Crippen molar-refractivity contribution in [1.82, 2.24) is 0 Å². The van der Waals surface area contributed by atoms with E-state index in [9.17, 15) is 18.0 Å². The van der Waals surface area contributed by atoms with Crippen molar-refractivity contribution < 1.29 is 22.7 Å². The van der Waals surface area contributed by atoms with Gasteiger partial charge in [-0.3, -0.25) is 4.79 Å². The molecule has 0 aromatic heterocycles. The quantitative estimate of drug-likeness (QED) is 0.692. The minimum absolute atomic E-state index is 0.0275. The maximum atomic E-state index is 11.8. The van der Waals surface area contributed by atoms with Crippen LogP contribution in [-0.4, -0.2) is 25.3 Å². The van der Waals surface area contributed by atoms with E-state index in [1.54, 1.807) is 0 Å². The molecule has 6 heteroatoms. The number of halogens is 3. The second-order valence-electron chi connectivity index (χ2n) is 2.62. The van der Waals surface area contributed by atoms with E-state index in [1.807, 2.05) is 0 Å². The first kappa shape index (κ1) is 12.2. The van der Waals surface area contributed by atoms with Gasteiger partial charge in [-0.05, 0) is 12.8 Å². The van der Waals surface area contributed by atoms with Gasteiger partial charge in [-0.2, -0.15) is 13.2 Å². The zero-order chi connectivity index (χ0) is 10.5. The van der Waals surface area contributed by atoms with E-state index in [1.165, 1.54) is 7.11 Å². The number of hydrogen-bond donors (Lipinski definition) is 1. The number of carbonyl (C=O) groups is 1. The fourth-order valence-corrected chi connectivity index (χ4v) is 0.732. The molecule has 78 valence electrons. The first-order valence-electron chi connectivity index (χ1n) is 3.77. The highest BCUT2D eigenvalue weighted by atomic mass is 19.4. The molecule has 0 spiro atoms. The minimum atomic E-state index is -4.38. The van der Waals surface area contributed by atoms with Crippen LogP contribution in [0.4, 0.5) is 13.2 Å². The summed E-state index contributed by atoms with van der Waals surface area (Å²) in [6.45, 7) is 0. The molecule has 0 heterocycles. The van der Waals surface area contributed by atoms with Crippen LogP contribution in [0.25, 0.3) is 0 Å². The zero-order valence-corrected chi connectivity index (χ0v) is 7.23. The predicted octanol–water partition coefficient (Wildman–Crippen LogP) is 1.22. The SMILES string of the molecule is COC(=O)CCCC(N)C(F)(F)F. The lowest BCUT2D eigenvalue weighted by molar-refractivity contribution is -0.151. The number of nitrogens with two attached hydrogens (primary N) is 1. The number of methoxy groups -OCH3 is 1. The van der Waals surface area contributed by atoms with Gasteiger partial charge >= 0.3 is 12.1 Å². The molecule has 0 aliphatic heterocycles. The fraction of sp³-hybridized carbons (Fsp3) is 0.857. The Morgan fingerprint density at radius 2 is 2.08 bits per heavy atom. The first-order chi connectivity index (χ1) is 5.88. The zero-order valence-electron chi connectivity index (χ0n) is 7.23. The molecule has 0 amide bonds. The summed E-state index contributed by atoms with van der Waals surface area (Å²) in [6, 6.07) is -1.85. The third kappa shape index (κ3) is 5.46. The summed E-state index contributed by atoms with van der Waals surface area (Å²) in [6.07, 6.45) is -4.57. The number of rotatable bonds is 4. The van der Waals surface area contributed by atoms with Crippen molar-refractivity contribution in [2.45, 2.75) is 31.5 Å². The molecule has 2 N–H and O–H groups in total. The molecule has 3 nitrogen and oxygen atoms in total. The molecule has 0 aliphatic carbocycles. The molecule has 0 radical (unpaired) electrons. The van der Waals surface area contributed by atoms with Crippen molar-refractivity contribution in [3.8, 4) is 0 Å². The normalized spacial score (nSPS) is 13.9. The van der Waals surface area contributed by atoms with Crippen LogP contribution in [0.15, 0.2) is 0 Å². The lowest BCUT2D eigenvalue weighted by Crippen LogP contribution is -2.37. The van der Waals surface area contributed by atoms with E-state index >= 15 is 0 Å². The van der Waals surface area contributed by atoms with Gasteiger partial charge in [-0.1, -0.05) is 0 Å². The Kier molecular flexibility index (Phi) is 4.76. The van der Waals surface area contributed by atoms with Gasteiger partial charge in [0.15, 0.2) is 0 Å². The van der Waals surface area contributed by atoms with E-state index in [-0.39, 0.29) is 19.3 Å². The summed E-state index contributed by atoms with van der Waals surface area (Å²) in [7, 11) is 1.19. The standard InChI is InChI=1S/C7H12F3NO2/c1-13-6(12)4-2-3-5(11)7(8,9)10/h5H,2-4,11H2,1H3. The van der Waals surface area contributed by atoms with E-state index in [0.717, 1.165) is 0 Å². The number of ether oxygens (including phenoxy) is 1. The largest absolute Gasteiger partial charge is 0.469 e. The Balaban J connectivity index is 3.60. The van der Waals surface area contributed by atoms with Crippen LogP contribution in [-0.2, 0) is 9.53 Å². The van der Waals surface area contributed by atoms with Crippen LogP contribution in [0, 0.1) is 0 Å². The third-order valence-corrected chi connectivity index (χ3v) is 1.54. The van der Waals surface area contributed by atoms with Gasteiger partial charge in [-0.25, -0.2) is 0 Å². The molecule has 0 aliphatic rings. The van der Waals surface area contributed by atoms with Crippen molar-refractivity contribution in [3.05, 3.63) is 0 Å². The average Bonchev–Trinajstić information content (AvgIpc) is 2.02. The third-order valence-electron chi connectivity index (χ3n) is 1.54. The summed E-state index contributed by atoms with van der Waals surface area (Å²) >= 11 is 0. The predicted molar refractivity (Wildman–Crippen MR) is 39.9 cm³/mol. The van der Waals surface area contributed by atoms with Crippen LogP contribution < -0.4 is 5.73 Å². The summed E-state index contributed by atoms with van der Waals surface area (Å²) in [5.74, 6) is -0.519. The average molecular weight is 199 g/mol. The molecule has 1 unspecified atom stereocenters. The van der Waals surface area contributed by atoms with Gasteiger partial charge in [0.25, 0.3) is 0 Å². The van der Waals surface area contributed by atoms with Gasteiger partial charge in [-0.15, -0.1) is 0 Å². The molecule has 13 heavy (non-hydrogen) atoms. The number of alkyl halides is 3. The summed E-state index contributed by atoms with van der Waals surface area (Å²) < 4.78 is 39.7. The van der Waals surface area contributed by atoms with E-state index in [0.29, 0.717) is 0 Å². The minimum Gasteiger partial charge on any atom is -0.469 e. The lowest BCUT2D eigenvalue weighted by Gasteiger charge is -2.14. The van der Waals surface area contributed by atoms with Gasteiger partial charge in [0.2, 0.25) is 0 Å². The topological polar surface area (TPSA) is 52.3 Å². The summed E-state index contributed by atoms with van der Waals surface area (Å²) in [5.41, 5.74) is 4.80. The molecule has 0 aromatic carbocycles. The molecular formula is C7H12F3NO2. The van der Waals surface area contributed by atoms with Gasteiger partial charge < -0.3 is 10.5 Å². The summed E-state index contributed by atoms with van der Waals surface area (Å²) in [5, 5.41) is 0. The molecule has 0 fully saturated rings. The van der Waals surface area contributed by atoms with Crippen LogP contribution in [0.5, 0.6) is 0 Å². The molecule has 0 bridgehead atoms. The fourth-order valence-electron chi connectivity index (χ4n) is 0.732. The Labute approximate surface area is 74.0 Å². The first-order valence-corrected chi connectivity index (χ1v) is 3.77. The number of hydrogen-bond acceptors (Lipinski definition) is 3. The van der Waals surface area contributed by atoms with E-state index in [2.05, 4.69) is 4.74 Å². The van der Waals surface area contributed by atoms with E-state index in [4.69, 9.17) is 5.73 Å².